The van der Waals surface area contributed by atoms with Crippen molar-refractivity contribution in [2.75, 3.05) is 6.61 Å². The number of benzene rings is 2. The van der Waals surface area contributed by atoms with Crippen LogP contribution in [0.5, 0.6) is 5.75 Å². The fourth-order valence-corrected chi connectivity index (χ4v) is 3.60. The maximum Gasteiger partial charge on any atom is 0.220 e. The Bertz CT molecular complexity index is 711. The molecule has 0 spiro atoms. The van der Waals surface area contributed by atoms with Gasteiger partial charge < -0.3 is 10.1 Å². The highest BCUT2D eigenvalue weighted by molar-refractivity contribution is 5.76. The molecule has 0 aromatic heterocycles. The minimum absolute atomic E-state index is 0.102. The van der Waals surface area contributed by atoms with Gasteiger partial charge in [0.25, 0.3) is 0 Å². The third-order valence-electron chi connectivity index (χ3n) is 5.08. The molecule has 1 atom stereocenters. The summed E-state index contributed by atoms with van der Waals surface area (Å²) in [6.07, 6.45) is 7.07. The number of amides is 1. The molecule has 3 heteroatoms. The van der Waals surface area contributed by atoms with E-state index in [9.17, 15) is 4.79 Å². The first-order valence-electron chi connectivity index (χ1n) is 9.85. The highest BCUT2D eigenvalue weighted by Crippen LogP contribution is 2.26. The number of carbonyl (C=O) groups excluding carboxylic acids is 1. The molecule has 2 aromatic carbocycles. The van der Waals surface area contributed by atoms with Crippen LogP contribution in [-0.2, 0) is 17.6 Å². The van der Waals surface area contributed by atoms with Gasteiger partial charge in [0.1, 0.15) is 5.75 Å². The van der Waals surface area contributed by atoms with E-state index in [1.807, 2.05) is 30.3 Å². The third-order valence-corrected chi connectivity index (χ3v) is 5.08. The van der Waals surface area contributed by atoms with Crippen LogP contribution in [0.2, 0.25) is 0 Å². The van der Waals surface area contributed by atoms with E-state index < -0.39 is 0 Å². The summed E-state index contributed by atoms with van der Waals surface area (Å²) in [6.45, 7) is 2.69. The molecule has 0 saturated heterocycles. The quantitative estimate of drug-likeness (QED) is 0.680. The number of hydrogen-bond acceptors (Lipinski definition) is 2. The fraction of sp³-hybridized carbons (Fsp3) is 0.435. The van der Waals surface area contributed by atoms with Gasteiger partial charge in [-0.15, -0.1) is 0 Å². The molecule has 0 aliphatic heterocycles. The molecule has 1 aliphatic carbocycles. The highest BCUT2D eigenvalue weighted by atomic mass is 16.5. The molecule has 1 amide bonds. The van der Waals surface area contributed by atoms with E-state index >= 15 is 0 Å². The minimum atomic E-state index is 0.102. The van der Waals surface area contributed by atoms with Crippen LogP contribution in [0.4, 0.5) is 0 Å². The summed E-state index contributed by atoms with van der Waals surface area (Å²) < 4.78 is 5.65. The minimum Gasteiger partial charge on any atom is -0.494 e. The van der Waals surface area contributed by atoms with Crippen molar-refractivity contribution in [3.05, 3.63) is 65.2 Å². The summed E-state index contributed by atoms with van der Waals surface area (Å²) in [6, 6.07) is 16.6. The summed E-state index contributed by atoms with van der Waals surface area (Å²) in [5, 5.41) is 3.19. The molecule has 26 heavy (non-hydrogen) atoms. The maximum atomic E-state index is 12.3. The smallest absolute Gasteiger partial charge is 0.220 e. The lowest BCUT2D eigenvalue weighted by Gasteiger charge is -2.21. The number of ether oxygens (including phenoxy) is 1. The lowest BCUT2D eigenvalue weighted by atomic mass is 9.89. The zero-order valence-corrected chi connectivity index (χ0v) is 15.7. The molecule has 138 valence electrons. The second kappa shape index (κ2) is 9.42. The topological polar surface area (TPSA) is 38.3 Å². The lowest BCUT2D eigenvalue weighted by Crippen LogP contribution is -2.28. The van der Waals surface area contributed by atoms with Crippen molar-refractivity contribution in [2.45, 2.75) is 57.9 Å². The molecule has 2 aromatic rings. The van der Waals surface area contributed by atoms with Crippen molar-refractivity contribution >= 4 is 5.91 Å². The van der Waals surface area contributed by atoms with Crippen molar-refractivity contribution in [1.29, 1.82) is 0 Å². The number of rotatable bonds is 8. The van der Waals surface area contributed by atoms with Gasteiger partial charge in [0.2, 0.25) is 5.91 Å². The first kappa shape index (κ1) is 18.5. The van der Waals surface area contributed by atoms with Crippen molar-refractivity contribution in [3.63, 3.8) is 0 Å². The summed E-state index contributed by atoms with van der Waals surface area (Å²) >= 11 is 0. The van der Waals surface area contributed by atoms with Crippen LogP contribution in [-0.4, -0.2) is 12.5 Å². The molecular formula is C23H29NO2. The third kappa shape index (κ3) is 5.10. The molecule has 0 saturated carbocycles. The Balaban J connectivity index is 1.47. The predicted molar refractivity (Wildman–Crippen MR) is 105 cm³/mol. The summed E-state index contributed by atoms with van der Waals surface area (Å²) in [4.78, 5) is 12.3. The molecule has 0 radical (unpaired) electrons. The number of aryl methyl sites for hydroxylation is 2. The van der Waals surface area contributed by atoms with E-state index in [1.54, 1.807) is 0 Å². The number of carbonyl (C=O) groups is 1. The van der Waals surface area contributed by atoms with Crippen LogP contribution in [0.3, 0.4) is 0 Å². The Kier molecular flexibility index (Phi) is 6.70. The van der Waals surface area contributed by atoms with Crippen LogP contribution in [0.1, 0.15) is 61.8 Å². The first-order valence-corrected chi connectivity index (χ1v) is 9.85. The highest BCUT2D eigenvalue weighted by Gasteiger charge is 2.16. The van der Waals surface area contributed by atoms with Gasteiger partial charge >= 0.3 is 0 Å². The molecule has 0 bridgehead atoms. The normalized spacial score (nSPS) is 14.3. The Morgan fingerprint density at radius 1 is 1.08 bits per heavy atom. The Labute approximate surface area is 156 Å². The number of nitrogens with one attached hydrogen (secondary N) is 1. The van der Waals surface area contributed by atoms with Gasteiger partial charge in [0.05, 0.1) is 12.6 Å². The van der Waals surface area contributed by atoms with Crippen LogP contribution in [0.15, 0.2) is 48.5 Å². The van der Waals surface area contributed by atoms with Gasteiger partial charge in [-0.3, -0.25) is 4.79 Å². The predicted octanol–water partition coefficient (Wildman–Crippen LogP) is 4.99. The Morgan fingerprint density at radius 3 is 2.62 bits per heavy atom. The van der Waals surface area contributed by atoms with Crippen LogP contribution in [0.25, 0.3) is 0 Å². The largest absolute Gasteiger partial charge is 0.494 e. The molecule has 0 heterocycles. The average Bonchev–Trinajstić information content (AvgIpc) is 2.70. The lowest BCUT2D eigenvalue weighted by molar-refractivity contribution is -0.122. The zero-order valence-electron chi connectivity index (χ0n) is 15.7. The monoisotopic (exact) mass is 351 g/mol. The number of para-hydroxylation sites is 1. The van der Waals surface area contributed by atoms with Gasteiger partial charge in [-0.2, -0.15) is 0 Å². The first-order chi connectivity index (χ1) is 12.8. The molecule has 0 fully saturated rings. The van der Waals surface area contributed by atoms with E-state index in [1.165, 1.54) is 42.4 Å². The van der Waals surface area contributed by atoms with Crippen LogP contribution < -0.4 is 10.1 Å². The second-order valence-electron chi connectivity index (χ2n) is 7.03. The summed E-state index contributed by atoms with van der Waals surface area (Å²) in [5.74, 6) is 0.958. The van der Waals surface area contributed by atoms with Crippen LogP contribution >= 0.6 is 0 Å². The fourth-order valence-electron chi connectivity index (χ4n) is 3.60. The van der Waals surface area contributed by atoms with Gasteiger partial charge in [-0.05, 0) is 67.3 Å². The van der Waals surface area contributed by atoms with Gasteiger partial charge in [-0.25, -0.2) is 0 Å². The molecule has 0 unspecified atom stereocenters. The molecule has 3 nitrogen and oxygen atoms in total. The van der Waals surface area contributed by atoms with E-state index in [-0.39, 0.29) is 11.9 Å². The van der Waals surface area contributed by atoms with E-state index in [0.29, 0.717) is 13.0 Å². The average molecular weight is 351 g/mol. The number of fused-ring (bicyclic) bond motifs is 1. The van der Waals surface area contributed by atoms with Gasteiger partial charge in [0.15, 0.2) is 0 Å². The summed E-state index contributed by atoms with van der Waals surface area (Å²) in [5.41, 5.74) is 4.19. The molecule has 3 rings (SSSR count). The Hall–Kier alpha value is -2.29. The van der Waals surface area contributed by atoms with E-state index in [2.05, 4.69) is 30.4 Å². The Morgan fingerprint density at radius 2 is 1.85 bits per heavy atom. The molecule has 1 N–H and O–H groups in total. The zero-order chi connectivity index (χ0) is 18.2. The van der Waals surface area contributed by atoms with Crippen LogP contribution in [0, 0.1) is 0 Å². The van der Waals surface area contributed by atoms with E-state index in [0.717, 1.165) is 18.6 Å². The molecule has 1 aliphatic rings. The van der Waals surface area contributed by atoms with Gasteiger partial charge in [0, 0.05) is 6.42 Å². The number of hydrogen-bond donors (Lipinski definition) is 1. The summed E-state index contributed by atoms with van der Waals surface area (Å²) in [7, 11) is 0. The maximum absolute atomic E-state index is 12.3. The van der Waals surface area contributed by atoms with E-state index in [4.69, 9.17) is 4.74 Å². The van der Waals surface area contributed by atoms with Gasteiger partial charge in [-0.1, -0.05) is 43.3 Å². The second-order valence-corrected chi connectivity index (χ2v) is 7.03. The van der Waals surface area contributed by atoms with Crippen molar-refractivity contribution in [3.8, 4) is 5.75 Å². The standard InChI is InChI=1S/C23H29NO2/c1-2-22(20-15-14-18-9-6-7-10-19(18)17-20)24-23(25)13-8-16-26-21-11-4-3-5-12-21/h3-5,11-12,14-15,17,22H,2,6-10,13,16H2,1H3,(H,24,25)/t22-/m0/s1. The van der Waals surface area contributed by atoms with Crippen molar-refractivity contribution < 1.29 is 9.53 Å². The SMILES string of the molecule is CC[C@H](NC(=O)CCCOc1ccccc1)c1ccc2c(c1)CCCC2. The van der Waals surface area contributed by atoms with Crippen molar-refractivity contribution in [2.24, 2.45) is 0 Å². The molecular weight excluding hydrogens is 322 g/mol. The van der Waals surface area contributed by atoms with Crippen molar-refractivity contribution in [1.82, 2.24) is 5.32 Å².